The number of carbonyl (C=O) groups excluding carboxylic acids is 1. The van der Waals surface area contributed by atoms with E-state index in [2.05, 4.69) is 5.32 Å². The molecule has 4 atom stereocenters. The van der Waals surface area contributed by atoms with Crippen molar-refractivity contribution in [2.75, 3.05) is 5.32 Å². The van der Waals surface area contributed by atoms with Crippen LogP contribution in [0.25, 0.3) is 0 Å². The lowest BCUT2D eigenvalue weighted by Crippen LogP contribution is -2.42. The van der Waals surface area contributed by atoms with Crippen molar-refractivity contribution in [2.45, 2.75) is 36.0 Å². The molecule has 1 amide bonds. The third kappa shape index (κ3) is 2.92. The van der Waals surface area contributed by atoms with Crippen molar-refractivity contribution in [3.05, 3.63) is 24.3 Å². The van der Waals surface area contributed by atoms with E-state index >= 15 is 0 Å². The zero-order chi connectivity index (χ0) is 15.0. The van der Waals surface area contributed by atoms with Gasteiger partial charge >= 0.3 is 0 Å². The summed E-state index contributed by atoms with van der Waals surface area (Å²) in [5.41, 5.74) is 6.60. The van der Waals surface area contributed by atoms with E-state index in [9.17, 15) is 13.6 Å². The highest BCUT2D eigenvalue weighted by Gasteiger charge is 2.49. The molecule has 2 aliphatic rings. The Labute approximate surface area is 126 Å². The van der Waals surface area contributed by atoms with E-state index in [-0.39, 0.29) is 17.9 Å². The van der Waals surface area contributed by atoms with E-state index in [1.165, 1.54) is 0 Å². The molecule has 0 aromatic heterocycles. The summed E-state index contributed by atoms with van der Waals surface area (Å²) in [7, 11) is 0. The molecule has 0 spiro atoms. The lowest BCUT2D eigenvalue weighted by molar-refractivity contribution is -0.121. The van der Waals surface area contributed by atoms with Gasteiger partial charge in [0.25, 0.3) is 5.76 Å². The van der Waals surface area contributed by atoms with Gasteiger partial charge in [-0.2, -0.15) is 8.78 Å². The first-order valence-corrected chi connectivity index (χ1v) is 8.04. The number of thioether (sulfide) groups is 1. The number of para-hydroxylation sites is 1. The van der Waals surface area contributed by atoms with Crippen LogP contribution in [0.15, 0.2) is 29.2 Å². The van der Waals surface area contributed by atoms with Crippen LogP contribution in [0.1, 0.15) is 19.3 Å². The van der Waals surface area contributed by atoms with Crippen LogP contribution in [0, 0.1) is 17.8 Å². The summed E-state index contributed by atoms with van der Waals surface area (Å²) in [4.78, 5) is 12.9. The number of nitrogens with one attached hydrogen (secondary N) is 1. The van der Waals surface area contributed by atoms with Gasteiger partial charge in [0.1, 0.15) is 0 Å². The van der Waals surface area contributed by atoms with Crippen molar-refractivity contribution in [3.8, 4) is 0 Å². The molecule has 4 unspecified atom stereocenters. The number of fused-ring (bicyclic) bond motifs is 2. The van der Waals surface area contributed by atoms with Crippen molar-refractivity contribution in [3.63, 3.8) is 0 Å². The number of alkyl halides is 2. The van der Waals surface area contributed by atoms with Crippen LogP contribution in [0.5, 0.6) is 0 Å². The van der Waals surface area contributed by atoms with E-state index < -0.39 is 5.76 Å². The molecule has 21 heavy (non-hydrogen) atoms. The van der Waals surface area contributed by atoms with Crippen LogP contribution in [0.3, 0.4) is 0 Å². The van der Waals surface area contributed by atoms with Crippen LogP contribution < -0.4 is 11.1 Å². The number of anilines is 1. The van der Waals surface area contributed by atoms with E-state index in [4.69, 9.17) is 5.73 Å². The zero-order valence-corrected chi connectivity index (χ0v) is 12.3. The molecule has 0 radical (unpaired) electrons. The van der Waals surface area contributed by atoms with Gasteiger partial charge in [0, 0.05) is 10.9 Å². The molecule has 0 saturated heterocycles. The topological polar surface area (TPSA) is 55.1 Å². The SMILES string of the molecule is NC1C2CCC(C2)C1C(=O)Nc1ccccc1SC(F)F. The fraction of sp³-hybridized carbons (Fsp3) is 0.533. The first kappa shape index (κ1) is 14.8. The van der Waals surface area contributed by atoms with E-state index in [0.717, 1.165) is 19.3 Å². The third-order valence-electron chi connectivity index (χ3n) is 4.64. The third-order valence-corrected chi connectivity index (χ3v) is 5.43. The fourth-order valence-corrected chi connectivity index (χ4v) is 4.30. The van der Waals surface area contributed by atoms with Gasteiger partial charge in [0.05, 0.1) is 11.6 Å². The highest BCUT2D eigenvalue weighted by molar-refractivity contribution is 7.99. The molecule has 1 aromatic rings. The summed E-state index contributed by atoms with van der Waals surface area (Å²) >= 11 is 0.446. The van der Waals surface area contributed by atoms with Crippen LogP contribution in [0.4, 0.5) is 14.5 Å². The number of rotatable bonds is 4. The maximum atomic E-state index is 12.6. The largest absolute Gasteiger partial charge is 0.327 e. The zero-order valence-electron chi connectivity index (χ0n) is 11.5. The summed E-state index contributed by atoms with van der Waals surface area (Å²) in [6.45, 7) is 0. The number of halogens is 2. The second-order valence-corrected chi connectivity index (χ2v) is 6.83. The van der Waals surface area contributed by atoms with E-state index in [0.29, 0.717) is 34.2 Å². The molecule has 2 saturated carbocycles. The quantitative estimate of drug-likeness (QED) is 0.839. The second kappa shape index (κ2) is 5.93. The van der Waals surface area contributed by atoms with Crippen molar-refractivity contribution < 1.29 is 13.6 Å². The number of amides is 1. The smallest absolute Gasteiger partial charge is 0.288 e. The van der Waals surface area contributed by atoms with Crippen LogP contribution in [0.2, 0.25) is 0 Å². The van der Waals surface area contributed by atoms with Crippen molar-refractivity contribution in [1.82, 2.24) is 0 Å². The molecular formula is C15H18F2N2OS. The Bertz CT molecular complexity index is 538. The molecule has 3 N–H and O–H groups in total. The van der Waals surface area contributed by atoms with Crippen molar-refractivity contribution in [2.24, 2.45) is 23.5 Å². The van der Waals surface area contributed by atoms with Gasteiger partial charge in [0.2, 0.25) is 5.91 Å². The van der Waals surface area contributed by atoms with Gasteiger partial charge in [-0.05, 0) is 43.2 Å². The Kier molecular flexibility index (Phi) is 4.17. The maximum absolute atomic E-state index is 12.6. The van der Waals surface area contributed by atoms with E-state index in [1.54, 1.807) is 24.3 Å². The molecular weight excluding hydrogens is 294 g/mol. The number of carbonyl (C=O) groups is 1. The summed E-state index contributed by atoms with van der Waals surface area (Å²) in [6, 6.07) is 6.56. The van der Waals surface area contributed by atoms with Crippen LogP contribution in [-0.4, -0.2) is 17.7 Å². The molecule has 2 aliphatic carbocycles. The number of hydrogen-bond acceptors (Lipinski definition) is 3. The number of benzene rings is 1. The molecule has 114 valence electrons. The summed E-state index contributed by atoms with van der Waals surface area (Å²) in [5, 5.41) is 2.80. The van der Waals surface area contributed by atoms with E-state index in [1.807, 2.05) is 0 Å². The van der Waals surface area contributed by atoms with Gasteiger partial charge in [-0.15, -0.1) is 0 Å². The summed E-state index contributed by atoms with van der Waals surface area (Å²) in [6.07, 6.45) is 3.17. The standard InChI is InChI=1S/C15H18F2N2OS/c16-15(17)21-11-4-2-1-3-10(11)19-14(20)12-8-5-6-9(7-8)13(12)18/h1-4,8-9,12-13,15H,5-7,18H2,(H,19,20). The minimum absolute atomic E-state index is 0.0985. The Morgan fingerprint density at radius 3 is 2.67 bits per heavy atom. The monoisotopic (exact) mass is 312 g/mol. The normalized spacial score (nSPS) is 30.9. The minimum Gasteiger partial charge on any atom is -0.327 e. The average Bonchev–Trinajstić information content (AvgIpc) is 3.01. The predicted octanol–water partition coefficient (Wildman–Crippen LogP) is 3.31. The van der Waals surface area contributed by atoms with Gasteiger partial charge < -0.3 is 11.1 Å². The van der Waals surface area contributed by atoms with Crippen LogP contribution >= 0.6 is 11.8 Å². The first-order chi connectivity index (χ1) is 10.1. The maximum Gasteiger partial charge on any atom is 0.288 e. The molecule has 6 heteroatoms. The Hall–Kier alpha value is -1.14. The van der Waals surface area contributed by atoms with Crippen molar-refractivity contribution >= 4 is 23.4 Å². The van der Waals surface area contributed by atoms with Gasteiger partial charge in [-0.3, -0.25) is 4.79 Å². The lowest BCUT2D eigenvalue weighted by Gasteiger charge is -2.27. The van der Waals surface area contributed by atoms with Gasteiger partial charge in [0.15, 0.2) is 0 Å². The molecule has 2 fully saturated rings. The average molecular weight is 312 g/mol. The van der Waals surface area contributed by atoms with Gasteiger partial charge in [-0.1, -0.05) is 23.9 Å². The first-order valence-electron chi connectivity index (χ1n) is 7.16. The number of hydrogen-bond donors (Lipinski definition) is 2. The number of nitrogens with two attached hydrogens (primary N) is 1. The Morgan fingerprint density at radius 1 is 1.29 bits per heavy atom. The highest BCUT2D eigenvalue weighted by atomic mass is 32.2. The molecule has 3 nitrogen and oxygen atoms in total. The summed E-state index contributed by atoms with van der Waals surface area (Å²) in [5.74, 6) is -2.03. The summed E-state index contributed by atoms with van der Waals surface area (Å²) < 4.78 is 25.1. The minimum atomic E-state index is -2.51. The second-order valence-electron chi connectivity index (χ2n) is 5.80. The van der Waals surface area contributed by atoms with Gasteiger partial charge in [-0.25, -0.2) is 0 Å². The Balaban J connectivity index is 1.73. The molecule has 1 aromatic carbocycles. The molecule has 2 bridgehead atoms. The molecule has 0 aliphatic heterocycles. The highest BCUT2D eigenvalue weighted by Crippen LogP contribution is 2.48. The molecule has 0 heterocycles. The van der Waals surface area contributed by atoms with Crippen LogP contribution in [-0.2, 0) is 4.79 Å². The Morgan fingerprint density at radius 2 is 2.00 bits per heavy atom. The predicted molar refractivity (Wildman–Crippen MR) is 79.2 cm³/mol. The fourth-order valence-electron chi connectivity index (χ4n) is 3.71. The van der Waals surface area contributed by atoms with Crippen molar-refractivity contribution in [1.29, 1.82) is 0 Å². The lowest BCUT2D eigenvalue weighted by atomic mass is 9.84. The molecule has 3 rings (SSSR count).